The molecule has 1 aliphatic carbocycles. The summed E-state index contributed by atoms with van der Waals surface area (Å²) in [6.07, 6.45) is 3.00. The molecule has 2 fully saturated rings. The van der Waals surface area contributed by atoms with Crippen LogP contribution in [0.4, 0.5) is 10.5 Å². The normalized spacial score (nSPS) is 24.1. The summed E-state index contributed by atoms with van der Waals surface area (Å²) in [4.78, 5) is 38.8. The molecule has 1 aliphatic heterocycles. The number of hydrogen-bond acceptors (Lipinski definition) is 6. The Labute approximate surface area is 167 Å². The number of tetrazole rings is 1. The minimum Gasteiger partial charge on any atom is -0.324 e. The number of hydrogen-bond donors (Lipinski definition) is 2. The summed E-state index contributed by atoms with van der Waals surface area (Å²) in [7, 11) is 0. The van der Waals surface area contributed by atoms with Crippen molar-refractivity contribution >= 4 is 23.5 Å². The maximum Gasteiger partial charge on any atom is 0.325 e. The minimum absolute atomic E-state index is 0.303. The number of carbonyl (C=O) groups excluding carboxylic acids is 3. The highest BCUT2D eigenvalue weighted by Crippen LogP contribution is 2.36. The molecule has 4 rings (SSSR count). The van der Waals surface area contributed by atoms with Crippen LogP contribution in [-0.4, -0.2) is 55.0 Å². The number of benzene rings is 1. The zero-order valence-electron chi connectivity index (χ0n) is 16.4. The van der Waals surface area contributed by atoms with Crippen molar-refractivity contribution in [3.8, 4) is 5.69 Å². The molecule has 4 amide bonds. The van der Waals surface area contributed by atoms with E-state index in [0.29, 0.717) is 36.0 Å². The number of nitrogens with one attached hydrogen (secondary N) is 2. The van der Waals surface area contributed by atoms with Crippen LogP contribution in [0.1, 0.15) is 38.4 Å². The van der Waals surface area contributed by atoms with Crippen LogP contribution in [0, 0.1) is 12.8 Å². The Kier molecular flexibility index (Phi) is 4.77. The summed E-state index contributed by atoms with van der Waals surface area (Å²) >= 11 is 0. The second-order valence-electron chi connectivity index (χ2n) is 7.82. The molecule has 152 valence electrons. The van der Waals surface area contributed by atoms with Gasteiger partial charge in [0.15, 0.2) is 5.82 Å². The fraction of sp³-hybridized carbons (Fsp3) is 0.474. The molecule has 0 radical (unpaired) electrons. The van der Waals surface area contributed by atoms with Gasteiger partial charge in [-0.15, -0.1) is 5.10 Å². The minimum atomic E-state index is -0.846. The topological polar surface area (TPSA) is 122 Å². The third-order valence-corrected chi connectivity index (χ3v) is 5.68. The van der Waals surface area contributed by atoms with Crippen LogP contribution in [0.25, 0.3) is 5.69 Å². The molecule has 10 nitrogen and oxygen atoms in total. The van der Waals surface area contributed by atoms with Gasteiger partial charge in [0.25, 0.3) is 5.91 Å². The van der Waals surface area contributed by atoms with E-state index in [9.17, 15) is 14.4 Å². The number of aryl methyl sites for hydroxylation is 1. The fourth-order valence-corrected chi connectivity index (χ4v) is 3.94. The van der Waals surface area contributed by atoms with Crippen LogP contribution >= 0.6 is 0 Å². The number of rotatable bonds is 4. The van der Waals surface area contributed by atoms with E-state index in [1.165, 1.54) is 0 Å². The van der Waals surface area contributed by atoms with Gasteiger partial charge >= 0.3 is 6.03 Å². The van der Waals surface area contributed by atoms with Crippen molar-refractivity contribution in [1.82, 2.24) is 30.4 Å². The number of aromatic nitrogens is 4. The molecule has 0 unspecified atom stereocenters. The van der Waals surface area contributed by atoms with Crippen LogP contribution < -0.4 is 10.6 Å². The Morgan fingerprint density at radius 2 is 2.07 bits per heavy atom. The van der Waals surface area contributed by atoms with Crippen LogP contribution in [0.3, 0.4) is 0 Å². The summed E-state index contributed by atoms with van der Waals surface area (Å²) in [6.45, 7) is 3.59. The van der Waals surface area contributed by atoms with Crippen molar-refractivity contribution in [2.45, 2.75) is 45.1 Å². The molecular formula is C19H23N7O3. The van der Waals surface area contributed by atoms with Crippen molar-refractivity contribution in [3.05, 3.63) is 30.1 Å². The highest BCUT2D eigenvalue weighted by Gasteiger charge is 2.52. The van der Waals surface area contributed by atoms with E-state index in [1.54, 1.807) is 29.8 Å². The van der Waals surface area contributed by atoms with E-state index < -0.39 is 17.5 Å². The number of amides is 4. The van der Waals surface area contributed by atoms with Crippen LogP contribution in [0.15, 0.2) is 24.3 Å². The molecular weight excluding hydrogens is 374 g/mol. The second kappa shape index (κ2) is 7.26. The SMILES string of the molecule is Cc1nnnn1-c1cccc(NC(=O)CN2C(=O)NC3(CCC(C)CC3)C2=O)c1. The third kappa shape index (κ3) is 3.57. The number of nitrogens with zero attached hydrogens (tertiary/aromatic N) is 5. The lowest BCUT2D eigenvalue weighted by Gasteiger charge is -2.33. The third-order valence-electron chi connectivity index (χ3n) is 5.68. The van der Waals surface area contributed by atoms with Crippen molar-refractivity contribution in [2.24, 2.45) is 5.92 Å². The number of imide groups is 1. The molecule has 2 N–H and O–H groups in total. The lowest BCUT2D eigenvalue weighted by Crippen LogP contribution is -2.49. The van der Waals surface area contributed by atoms with Crippen molar-refractivity contribution in [3.63, 3.8) is 0 Å². The maximum atomic E-state index is 12.9. The van der Waals surface area contributed by atoms with E-state index in [1.807, 2.05) is 6.07 Å². The van der Waals surface area contributed by atoms with Gasteiger partial charge in [0.2, 0.25) is 5.91 Å². The van der Waals surface area contributed by atoms with Crippen LogP contribution in [-0.2, 0) is 9.59 Å². The van der Waals surface area contributed by atoms with Gasteiger partial charge < -0.3 is 10.6 Å². The predicted molar refractivity (Wildman–Crippen MR) is 103 cm³/mol. The van der Waals surface area contributed by atoms with Crippen molar-refractivity contribution in [1.29, 1.82) is 0 Å². The van der Waals surface area contributed by atoms with Gasteiger partial charge in [0, 0.05) is 5.69 Å². The Bertz CT molecular complexity index is 962. The molecule has 1 saturated heterocycles. The molecule has 2 aromatic rings. The van der Waals surface area contributed by atoms with Gasteiger partial charge in [0.1, 0.15) is 12.1 Å². The number of urea groups is 1. The highest BCUT2D eigenvalue weighted by atomic mass is 16.2. The summed E-state index contributed by atoms with van der Waals surface area (Å²) in [5.74, 6) is 0.404. The monoisotopic (exact) mass is 397 g/mol. The molecule has 1 aromatic carbocycles. The molecule has 10 heteroatoms. The largest absolute Gasteiger partial charge is 0.325 e. The Morgan fingerprint density at radius 1 is 1.31 bits per heavy atom. The Hall–Kier alpha value is -3.30. The van der Waals surface area contributed by atoms with E-state index in [-0.39, 0.29) is 12.5 Å². The summed E-state index contributed by atoms with van der Waals surface area (Å²) in [5, 5.41) is 16.9. The first-order valence-corrected chi connectivity index (χ1v) is 9.67. The van der Waals surface area contributed by atoms with Crippen LogP contribution in [0.5, 0.6) is 0 Å². The van der Waals surface area contributed by atoms with E-state index in [2.05, 4.69) is 33.1 Å². The van der Waals surface area contributed by atoms with Gasteiger partial charge in [-0.05, 0) is 67.2 Å². The lowest BCUT2D eigenvalue weighted by atomic mass is 9.77. The predicted octanol–water partition coefficient (Wildman–Crippen LogP) is 1.41. The van der Waals surface area contributed by atoms with E-state index in [4.69, 9.17) is 0 Å². The number of anilines is 1. The quantitative estimate of drug-likeness (QED) is 0.752. The van der Waals surface area contributed by atoms with Crippen molar-refractivity contribution in [2.75, 3.05) is 11.9 Å². The number of carbonyl (C=O) groups is 3. The van der Waals surface area contributed by atoms with E-state index in [0.717, 1.165) is 17.7 Å². The average Bonchev–Trinajstić information content (AvgIpc) is 3.22. The first kappa shape index (κ1) is 19.0. The molecule has 2 aliphatic rings. The summed E-state index contributed by atoms with van der Waals surface area (Å²) in [5.41, 5.74) is 0.368. The molecule has 0 atom stereocenters. The van der Waals surface area contributed by atoms with Crippen molar-refractivity contribution < 1.29 is 14.4 Å². The molecule has 29 heavy (non-hydrogen) atoms. The van der Waals surface area contributed by atoms with Crippen LogP contribution in [0.2, 0.25) is 0 Å². The summed E-state index contributed by atoms with van der Waals surface area (Å²) < 4.78 is 1.54. The summed E-state index contributed by atoms with van der Waals surface area (Å²) in [6, 6.07) is 6.51. The molecule has 0 bridgehead atoms. The molecule has 1 saturated carbocycles. The van der Waals surface area contributed by atoms with Gasteiger partial charge in [-0.1, -0.05) is 13.0 Å². The van der Waals surface area contributed by atoms with Gasteiger partial charge in [0.05, 0.1) is 5.69 Å². The standard InChI is InChI=1S/C19H23N7O3/c1-12-6-8-19(9-7-12)17(28)25(18(29)21-19)11-16(27)20-14-4-3-5-15(10-14)26-13(2)22-23-24-26/h3-5,10,12H,6-9,11H2,1-2H3,(H,20,27)(H,21,29). The van der Waals surface area contributed by atoms with Gasteiger partial charge in [-0.2, -0.15) is 4.68 Å². The molecule has 1 aromatic heterocycles. The van der Waals surface area contributed by atoms with E-state index >= 15 is 0 Å². The zero-order chi connectivity index (χ0) is 20.6. The first-order chi connectivity index (χ1) is 13.9. The Morgan fingerprint density at radius 3 is 2.76 bits per heavy atom. The molecule has 1 spiro atoms. The smallest absolute Gasteiger partial charge is 0.324 e. The average molecular weight is 397 g/mol. The maximum absolute atomic E-state index is 12.9. The first-order valence-electron chi connectivity index (χ1n) is 9.67. The van der Waals surface area contributed by atoms with Gasteiger partial charge in [-0.25, -0.2) is 4.79 Å². The highest BCUT2D eigenvalue weighted by molar-refractivity contribution is 6.10. The molecule has 2 heterocycles. The zero-order valence-corrected chi connectivity index (χ0v) is 16.4. The van der Waals surface area contributed by atoms with Gasteiger partial charge in [-0.3, -0.25) is 14.5 Å². The fourth-order valence-electron chi connectivity index (χ4n) is 3.94. The lowest BCUT2D eigenvalue weighted by molar-refractivity contribution is -0.135. The Balaban J connectivity index is 1.43. The second-order valence-corrected chi connectivity index (χ2v) is 7.82.